The van der Waals surface area contributed by atoms with Crippen LogP contribution in [0.2, 0.25) is 5.02 Å². The Morgan fingerprint density at radius 3 is 2.55 bits per heavy atom. The van der Waals surface area contributed by atoms with Crippen LogP contribution in [0.5, 0.6) is 17.2 Å². The van der Waals surface area contributed by atoms with Gasteiger partial charge in [0, 0.05) is 30.9 Å². The summed E-state index contributed by atoms with van der Waals surface area (Å²) in [5.74, 6) is 2.43. The predicted molar refractivity (Wildman–Crippen MR) is 134 cm³/mol. The van der Waals surface area contributed by atoms with Gasteiger partial charge in [0.25, 0.3) is 5.91 Å². The van der Waals surface area contributed by atoms with Gasteiger partial charge in [0.15, 0.2) is 0 Å². The molecule has 0 aliphatic heterocycles. The van der Waals surface area contributed by atoms with Gasteiger partial charge in [-0.1, -0.05) is 38.3 Å². The monoisotopic (exact) mass is 472 g/mol. The summed E-state index contributed by atoms with van der Waals surface area (Å²) < 4.78 is 5.88. The second-order valence-electron chi connectivity index (χ2n) is 8.30. The number of terminal acetylenes is 1. The Morgan fingerprint density at radius 2 is 1.91 bits per heavy atom. The molecule has 0 aliphatic carbocycles. The molecule has 7 heteroatoms. The maximum atomic E-state index is 13.4. The Labute approximate surface area is 201 Å². The van der Waals surface area contributed by atoms with Crippen molar-refractivity contribution < 1.29 is 19.7 Å². The Balaban J connectivity index is 2.27. The number of nitrogens with zero attached hydrogens (tertiary/aromatic N) is 2. The molecule has 2 rings (SSSR count). The maximum absolute atomic E-state index is 13.4. The zero-order chi connectivity index (χ0) is 24.5. The molecule has 0 fully saturated rings. The average molecular weight is 473 g/mol. The largest absolute Gasteiger partial charge is 0.508 e. The first kappa shape index (κ1) is 26.4. The summed E-state index contributed by atoms with van der Waals surface area (Å²) in [4.78, 5) is 17.0. The Hall–Kier alpha value is -2.88. The summed E-state index contributed by atoms with van der Waals surface area (Å²) in [6.07, 6.45) is 6.80. The van der Waals surface area contributed by atoms with Gasteiger partial charge in [-0.2, -0.15) is 0 Å². The van der Waals surface area contributed by atoms with E-state index in [4.69, 9.17) is 22.8 Å². The number of hydrogen-bond donors (Lipinski definition) is 2. The van der Waals surface area contributed by atoms with Gasteiger partial charge >= 0.3 is 0 Å². The summed E-state index contributed by atoms with van der Waals surface area (Å²) in [6.45, 7) is 8.06. The quantitative estimate of drug-likeness (QED) is 0.344. The molecule has 2 aromatic carbocycles. The van der Waals surface area contributed by atoms with Gasteiger partial charge in [-0.25, -0.2) is 0 Å². The molecule has 0 bridgehead atoms. The fraction of sp³-hybridized carbons (Fsp3) is 0.423. The lowest BCUT2D eigenvalue weighted by Crippen LogP contribution is -2.32. The lowest BCUT2D eigenvalue weighted by molar-refractivity contribution is 0.0984. The first-order chi connectivity index (χ1) is 15.7. The second-order valence-corrected chi connectivity index (χ2v) is 8.71. The van der Waals surface area contributed by atoms with E-state index in [1.807, 2.05) is 32.7 Å². The number of ether oxygens (including phenoxy) is 1. The summed E-state index contributed by atoms with van der Waals surface area (Å²) in [7, 11) is 1.95. The van der Waals surface area contributed by atoms with Gasteiger partial charge < -0.3 is 19.8 Å². The zero-order valence-electron chi connectivity index (χ0n) is 19.8. The van der Waals surface area contributed by atoms with E-state index in [9.17, 15) is 15.0 Å². The Kier molecular flexibility index (Phi) is 9.90. The number of benzene rings is 2. The lowest BCUT2D eigenvalue weighted by atomic mass is 9.98. The van der Waals surface area contributed by atoms with Crippen LogP contribution in [0.25, 0.3) is 0 Å². The third kappa shape index (κ3) is 7.05. The third-order valence-corrected chi connectivity index (χ3v) is 5.53. The first-order valence-electron chi connectivity index (χ1n) is 11.1. The number of phenols is 2. The van der Waals surface area contributed by atoms with Crippen LogP contribution in [0.4, 0.5) is 5.69 Å². The van der Waals surface area contributed by atoms with Crippen LogP contribution in [-0.4, -0.2) is 54.3 Å². The molecule has 178 valence electrons. The van der Waals surface area contributed by atoms with Crippen LogP contribution in [0.15, 0.2) is 30.3 Å². The molecule has 0 radical (unpaired) electrons. The average Bonchev–Trinajstić information content (AvgIpc) is 2.76. The second kappa shape index (κ2) is 12.4. The maximum Gasteiger partial charge on any atom is 0.262 e. The number of carbonyl (C=O) groups excluding carboxylic acids is 1. The van der Waals surface area contributed by atoms with Crippen LogP contribution in [0.3, 0.4) is 0 Å². The van der Waals surface area contributed by atoms with Crippen molar-refractivity contribution in [2.75, 3.05) is 38.2 Å². The van der Waals surface area contributed by atoms with Crippen LogP contribution in [0, 0.1) is 12.3 Å². The summed E-state index contributed by atoms with van der Waals surface area (Å²) in [6, 6.07) is 7.97. The number of phenolic OH excluding ortho intramolecular Hbond substituents is 2. The number of carbonyl (C=O) groups is 1. The molecule has 1 amide bonds. The van der Waals surface area contributed by atoms with E-state index in [0.29, 0.717) is 48.1 Å². The van der Waals surface area contributed by atoms with E-state index < -0.39 is 0 Å². The van der Waals surface area contributed by atoms with Gasteiger partial charge in [0.1, 0.15) is 17.2 Å². The van der Waals surface area contributed by atoms with Crippen molar-refractivity contribution in [2.45, 2.75) is 39.5 Å². The number of rotatable bonds is 11. The van der Waals surface area contributed by atoms with Crippen molar-refractivity contribution in [3.63, 3.8) is 0 Å². The molecule has 0 saturated carbocycles. The number of amides is 1. The highest BCUT2D eigenvalue weighted by Gasteiger charge is 2.23. The molecule has 0 aliphatic rings. The lowest BCUT2D eigenvalue weighted by Gasteiger charge is -2.24. The normalized spacial score (nSPS) is 11.0. The molecule has 33 heavy (non-hydrogen) atoms. The van der Waals surface area contributed by atoms with Gasteiger partial charge in [-0.15, -0.1) is 6.42 Å². The van der Waals surface area contributed by atoms with E-state index in [0.717, 1.165) is 13.0 Å². The summed E-state index contributed by atoms with van der Waals surface area (Å²) in [5.41, 5.74) is 1.35. The summed E-state index contributed by atoms with van der Waals surface area (Å²) in [5, 5.41) is 21.0. The minimum Gasteiger partial charge on any atom is -0.508 e. The van der Waals surface area contributed by atoms with E-state index in [1.165, 1.54) is 6.07 Å². The predicted octanol–water partition coefficient (Wildman–Crippen LogP) is 5.27. The highest BCUT2D eigenvalue weighted by Crippen LogP contribution is 2.35. The molecule has 0 saturated heterocycles. The molecule has 0 aromatic heterocycles. The van der Waals surface area contributed by atoms with E-state index >= 15 is 0 Å². The fourth-order valence-electron chi connectivity index (χ4n) is 3.47. The molecule has 6 nitrogen and oxygen atoms in total. The SMILES string of the molecule is C#CCN(C)CCCOc1cc(N(CCC)C(=O)c2cc(C(C)C)c(O)cc2O)ccc1Cl. The molecule has 0 heterocycles. The number of halogens is 1. The molecule has 0 spiro atoms. The van der Waals surface area contributed by atoms with Crippen molar-refractivity contribution in [3.8, 4) is 29.6 Å². The third-order valence-electron chi connectivity index (χ3n) is 5.22. The Bertz CT molecular complexity index is 1000. The van der Waals surface area contributed by atoms with Crippen molar-refractivity contribution in [1.82, 2.24) is 4.90 Å². The molecular formula is C26H33ClN2O4. The molecule has 0 unspecified atom stereocenters. The molecule has 0 atom stereocenters. The van der Waals surface area contributed by atoms with Crippen LogP contribution in [-0.2, 0) is 0 Å². The molecule has 2 aromatic rings. The Morgan fingerprint density at radius 1 is 1.18 bits per heavy atom. The van der Waals surface area contributed by atoms with E-state index in [1.54, 1.807) is 29.2 Å². The zero-order valence-corrected chi connectivity index (χ0v) is 20.5. The van der Waals surface area contributed by atoms with Gasteiger partial charge in [-0.3, -0.25) is 9.69 Å². The standard InChI is InChI=1S/C26H33ClN2O4/c1-6-11-28(5)13-8-14-33-25-15-19(9-10-22(25)27)29(12-7-2)26(32)21-16-20(18(3)4)23(30)17-24(21)31/h1,9-10,15-18,30-31H,7-8,11-14H2,2-5H3. The van der Waals surface area contributed by atoms with Crippen LogP contribution >= 0.6 is 11.6 Å². The fourth-order valence-corrected chi connectivity index (χ4v) is 3.64. The molecule has 2 N–H and O–H groups in total. The van der Waals surface area contributed by atoms with Crippen molar-refractivity contribution in [1.29, 1.82) is 0 Å². The number of anilines is 1. The van der Waals surface area contributed by atoms with Gasteiger partial charge in [0.2, 0.25) is 0 Å². The van der Waals surface area contributed by atoms with Gasteiger partial charge in [-0.05, 0) is 49.6 Å². The van der Waals surface area contributed by atoms with Crippen molar-refractivity contribution in [3.05, 3.63) is 46.5 Å². The number of hydrogen-bond acceptors (Lipinski definition) is 5. The molecular weight excluding hydrogens is 440 g/mol. The highest BCUT2D eigenvalue weighted by molar-refractivity contribution is 6.32. The van der Waals surface area contributed by atoms with E-state index in [-0.39, 0.29) is 28.9 Å². The topological polar surface area (TPSA) is 73.2 Å². The summed E-state index contributed by atoms with van der Waals surface area (Å²) >= 11 is 6.33. The van der Waals surface area contributed by atoms with Crippen molar-refractivity contribution in [2.24, 2.45) is 0 Å². The number of aromatic hydroxyl groups is 2. The van der Waals surface area contributed by atoms with Gasteiger partial charge in [0.05, 0.1) is 23.7 Å². The smallest absolute Gasteiger partial charge is 0.262 e. The van der Waals surface area contributed by atoms with Crippen LogP contribution in [0.1, 0.15) is 55.5 Å². The van der Waals surface area contributed by atoms with E-state index in [2.05, 4.69) is 5.92 Å². The van der Waals surface area contributed by atoms with Crippen molar-refractivity contribution >= 4 is 23.2 Å². The minimum absolute atomic E-state index is 0.00742. The highest BCUT2D eigenvalue weighted by atomic mass is 35.5. The van der Waals surface area contributed by atoms with Crippen LogP contribution < -0.4 is 9.64 Å². The first-order valence-corrected chi connectivity index (χ1v) is 11.5. The minimum atomic E-state index is -0.361.